The Morgan fingerprint density at radius 2 is 1.89 bits per heavy atom. The van der Waals surface area contributed by atoms with E-state index in [-0.39, 0.29) is 17.5 Å². The first-order valence-electron chi connectivity index (χ1n) is 9.22. The van der Waals surface area contributed by atoms with Gasteiger partial charge >= 0.3 is 0 Å². The molecule has 140 valence electrons. The number of anilines is 1. The number of nitrogen functional groups attached to an aromatic ring is 1. The van der Waals surface area contributed by atoms with Crippen molar-refractivity contribution >= 4 is 16.9 Å². The third kappa shape index (κ3) is 2.47. The normalized spacial score (nSPS) is 16.2. The maximum atomic E-state index is 9.94. The molecule has 1 atom stereocenters. The molecule has 0 bridgehead atoms. The summed E-state index contributed by atoms with van der Waals surface area (Å²) in [4.78, 5) is 8.61. The number of nitrogens with two attached hydrogens (primary N) is 1. The zero-order valence-electron chi connectivity index (χ0n) is 15.1. The predicted octanol–water partition coefficient (Wildman–Crippen LogP) is 3.41. The Labute approximate surface area is 161 Å². The van der Waals surface area contributed by atoms with Crippen molar-refractivity contribution in [1.29, 1.82) is 0 Å². The number of phenolic OH excluding ortho intramolecular Hbond substituents is 2. The average Bonchev–Trinajstić information content (AvgIpc) is 3.10. The fourth-order valence-corrected chi connectivity index (χ4v) is 4.07. The van der Waals surface area contributed by atoms with Gasteiger partial charge in [0.15, 0.2) is 17.1 Å². The van der Waals surface area contributed by atoms with Crippen LogP contribution in [0.4, 0.5) is 5.82 Å². The number of fused-ring (bicyclic) bond motifs is 2. The lowest BCUT2D eigenvalue weighted by Gasteiger charge is -2.26. The van der Waals surface area contributed by atoms with E-state index in [0.29, 0.717) is 28.1 Å². The van der Waals surface area contributed by atoms with Gasteiger partial charge in [0.1, 0.15) is 17.8 Å². The van der Waals surface area contributed by atoms with Crippen LogP contribution in [0.5, 0.6) is 11.5 Å². The van der Waals surface area contributed by atoms with Crippen LogP contribution in [0.25, 0.3) is 22.3 Å². The first kappa shape index (κ1) is 16.6. The molecule has 0 fully saturated rings. The minimum atomic E-state index is -0.210. The number of benzene rings is 2. The molecule has 2 aromatic carbocycles. The molecule has 0 spiro atoms. The van der Waals surface area contributed by atoms with Crippen molar-refractivity contribution in [2.45, 2.75) is 25.3 Å². The summed E-state index contributed by atoms with van der Waals surface area (Å²) in [6.45, 7) is 0. The van der Waals surface area contributed by atoms with Crippen molar-refractivity contribution in [3.63, 3.8) is 0 Å². The van der Waals surface area contributed by atoms with Crippen LogP contribution in [0.1, 0.15) is 30.0 Å². The molecule has 0 aliphatic heterocycles. The van der Waals surface area contributed by atoms with Crippen molar-refractivity contribution in [2.75, 3.05) is 5.73 Å². The van der Waals surface area contributed by atoms with Crippen LogP contribution in [0.15, 0.2) is 48.8 Å². The van der Waals surface area contributed by atoms with Crippen molar-refractivity contribution in [1.82, 2.24) is 19.7 Å². The Kier molecular flexibility index (Phi) is 3.68. The molecule has 5 rings (SSSR count). The van der Waals surface area contributed by atoms with Crippen LogP contribution in [-0.2, 0) is 6.42 Å². The molecule has 7 nitrogen and oxygen atoms in total. The average molecular weight is 373 g/mol. The van der Waals surface area contributed by atoms with Gasteiger partial charge in [0.25, 0.3) is 0 Å². The van der Waals surface area contributed by atoms with Gasteiger partial charge in [-0.05, 0) is 48.6 Å². The summed E-state index contributed by atoms with van der Waals surface area (Å²) in [6, 6.07) is 13.1. The minimum absolute atomic E-state index is 0.0567. The summed E-state index contributed by atoms with van der Waals surface area (Å²) in [5.74, 6) is -0.0561. The van der Waals surface area contributed by atoms with Gasteiger partial charge in [-0.1, -0.05) is 24.3 Å². The molecule has 28 heavy (non-hydrogen) atoms. The molecule has 0 saturated heterocycles. The number of aryl methyl sites for hydroxylation is 1. The molecule has 0 amide bonds. The maximum Gasteiger partial charge on any atom is 0.164 e. The largest absolute Gasteiger partial charge is 0.504 e. The summed E-state index contributed by atoms with van der Waals surface area (Å²) in [6.07, 6.45) is 4.53. The monoisotopic (exact) mass is 373 g/mol. The van der Waals surface area contributed by atoms with Gasteiger partial charge in [0.2, 0.25) is 0 Å². The first-order chi connectivity index (χ1) is 13.6. The number of nitrogens with zero attached hydrogens (tertiary/aromatic N) is 4. The fourth-order valence-electron chi connectivity index (χ4n) is 4.07. The van der Waals surface area contributed by atoms with Crippen LogP contribution < -0.4 is 5.73 Å². The van der Waals surface area contributed by atoms with E-state index in [1.165, 1.54) is 29.6 Å². The number of hydrogen-bond acceptors (Lipinski definition) is 6. The van der Waals surface area contributed by atoms with Crippen molar-refractivity contribution in [3.8, 4) is 22.8 Å². The van der Waals surface area contributed by atoms with Gasteiger partial charge in [-0.15, -0.1) is 0 Å². The molecule has 0 radical (unpaired) electrons. The lowest BCUT2D eigenvalue weighted by atomic mass is 9.88. The number of aromatic hydroxyl groups is 2. The van der Waals surface area contributed by atoms with E-state index < -0.39 is 0 Å². The van der Waals surface area contributed by atoms with Crippen molar-refractivity contribution in [2.24, 2.45) is 0 Å². The Bertz CT molecular complexity index is 1200. The molecule has 0 saturated carbocycles. The van der Waals surface area contributed by atoms with E-state index >= 15 is 0 Å². The molecule has 2 aromatic heterocycles. The summed E-state index contributed by atoms with van der Waals surface area (Å²) < 4.78 is 1.92. The third-order valence-corrected chi connectivity index (χ3v) is 5.40. The van der Waals surface area contributed by atoms with Crippen LogP contribution in [0.2, 0.25) is 0 Å². The van der Waals surface area contributed by atoms with Crippen molar-refractivity contribution < 1.29 is 10.2 Å². The molecule has 1 unspecified atom stereocenters. The van der Waals surface area contributed by atoms with E-state index in [1.54, 1.807) is 6.07 Å². The Hall–Kier alpha value is -3.61. The van der Waals surface area contributed by atoms with Crippen LogP contribution in [0.3, 0.4) is 0 Å². The van der Waals surface area contributed by atoms with Crippen LogP contribution >= 0.6 is 0 Å². The topological polar surface area (TPSA) is 110 Å². The van der Waals surface area contributed by atoms with E-state index in [0.717, 1.165) is 19.3 Å². The van der Waals surface area contributed by atoms with Gasteiger partial charge in [-0.3, -0.25) is 0 Å². The fraction of sp³-hybridized carbons (Fsp3) is 0.190. The maximum absolute atomic E-state index is 9.94. The Balaban J connectivity index is 1.76. The highest BCUT2D eigenvalue weighted by Crippen LogP contribution is 2.39. The van der Waals surface area contributed by atoms with Crippen LogP contribution in [0, 0.1) is 0 Å². The zero-order chi connectivity index (χ0) is 19.3. The number of aromatic nitrogens is 4. The van der Waals surface area contributed by atoms with Gasteiger partial charge in [0.05, 0.1) is 11.4 Å². The highest BCUT2D eigenvalue weighted by Gasteiger charge is 2.27. The molecule has 7 heteroatoms. The molecule has 1 aliphatic carbocycles. The predicted molar refractivity (Wildman–Crippen MR) is 106 cm³/mol. The second kappa shape index (κ2) is 6.23. The lowest BCUT2D eigenvalue weighted by molar-refractivity contribution is 0.404. The second-order valence-corrected chi connectivity index (χ2v) is 7.06. The van der Waals surface area contributed by atoms with E-state index in [2.05, 4.69) is 28.2 Å². The van der Waals surface area contributed by atoms with E-state index in [4.69, 9.17) is 10.8 Å². The molecular weight excluding hydrogens is 354 g/mol. The lowest BCUT2D eigenvalue weighted by Crippen LogP contribution is -2.18. The third-order valence-electron chi connectivity index (χ3n) is 5.40. The number of hydrogen-bond donors (Lipinski definition) is 3. The number of phenols is 2. The SMILES string of the molecule is Nc1ncnc2c1c(-c1ccc(O)c(O)c1)nn2C1CCCc2ccccc21. The summed E-state index contributed by atoms with van der Waals surface area (Å²) in [5, 5.41) is 25.1. The van der Waals surface area contributed by atoms with E-state index in [1.807, 2.05) is 10.7 Å². The first-order valence-corrected chi connectivity index (χ1v) is 9.22. The molecule has 2 heterocycles. The molecule has 4 N–H and O–H groups in total. The minimum Gasteiger partial charge on any atom is -0.504 e. The Morgan fingerprint density at radius 1 is 1.04 bits per heavy atom. The van der Waals surface area contributed by atoms with Crippen molar-refractivity contribution in [3.05, 3.63) is 59.9 Å². The van der Waals surface area contributed by atoms with Gasteiger partial charge in [-0.2, -0.15) is 5.10 Å². The summed E-state index contributed by atoms with van der Waals surface area (Å²) in [5.41, 5.74) is 10.7. The molecule has 4 aromatic rings. The summed E-state index contributed by atoms with van der Waals surface area (Å²) in [7, 11) is 0. The van der Waals surface area contributed by atoms with Gasteiger partial charge < -0.3 is 15.9 Å². The second-order valence-electron chi connectivity index (χ2n) is 7.06. The highest BCUT2D eigenvalue weighted by atomic mass is 16.3. The van der Waals surface area contributed by atoms with E-state index in [9.17, 15) is 10.2 Å². The molecule has 1 aliphatic rings. The van der Waals surface area contributed by atoms with Crippen LogP contribution in [-0.4, -0.2) is 30.0 Å². The molecular formula is C21H19N5O2. The summed E-state index contributed by atoms with van der Waals surface area (Å²) >= 11 is 0. The van der Waals surface area contributed by atoms with Gasteiger partial charge in [0, 0.05) is 5.56 Å². The standard InChI is InChI=1S/C21H19N5O2/c22-20-18-19(13-8-9-16(27)17(28)10-13)25-26(21(18)24-11-23-20)15-7-3-5-12-4-1-2-6-14(12)15/h1-2,4,6,8-11,15,27-28H,3,5,7H2,(H2,22,23,24). The zero-order valence-corrected chi connectivity index (χ0v) is 15.1. The Morgan fingerprint density at radius 3 is 2.75 bits per heavy atom. The highest BCUT2D eigenvalue weighted by molar-refractivity contribution is 5.98. The van der Waals surface area contributed by atoms with Gasteiger partial charge in [-0.25, -0.2) is 14.6 Å². The number of rotatable bonds is 2. The smallest absolute Gasteiger partial charge is 0.164 e. The quantitative estimate of drug-likeness (QED) is 0.465.